The average molecular weight is 242 g/mol. The van der Waals surface area contributed by atoms with Crippen LogP contribution in [0.25, 0.3) is 6.08 Å². The number of benzene rings is 1. The maximum Gasteiger partial charge on any atom is 0.328 e. The third kappa shape index (κ3) is 2.72. The molecule has 1 rings (SSSR count). The van der Waals surface area contributed by atoms with E-state index in [9.17, 15) is 4.79 Å². The Morgan fingerprint density at radius 2 is 2.00 bits per heavy atom. The Bertz CT molecular complexity index is 475. The third-order valence-electron chi connectivity index (χ3n) is 1.65. The fourth-order valence-corrected chi connectivity index (χ4v) is 1.43. The second kappa shape index (κ2) is 4.83. The summed E-state index contributed by atoms with van der Waals surface area (Å²) in [6.07, 6.45) is 2.15. The smallest absolute Gasteiger partial charge is 0.328 e. The molecule has 76 valence electrons. The number of hydrogen-bond donors (Lipinski definition) is 1. The van der Waals surface area contributed by atoms with Gasteiger partial charge in [-0.3, -0.25) is 0 Å². The van der Waals surface area contributed by atoms with E-state index in [0.29, 0.717) is 5.56 Å². The Morgan fingerprint density at radius 1 is 1.40 bits per heavy atom. The van der Waals surface area contributed by atoms with Crippen LogP contribution in [0.2, 0.25) is 10.0 Å². The van der Waals surface area contributed by atoms with Gasteiger partial charge in [0.15, 0.2) is 0 Å². The van der Waals surface area contributed by atoms with E-state index in [1.807, 2.05) is 6.07 Å². The van der Waals surface area contributed by atoms with Gasteiger partial charge in [-0.15, -0.1) is 0 Å². The summed E-state index contributed by atoms with van der Waals surface area (Å²) in [6.45, 7) is 0. The van der Waals surface area contributed by atoms with Crippen LogP contribution in [-0.2, 0) is 4.79 Å². The number of carboxylic acid groups (broad SMARTS) is 1. The molecule has 0 aromatic heterocycles. The summed E-state index contributed by atoms with van der Waals surface area (Å²) in [7, 11) is 0. The van der Waals surface area contributed by atoms with E-state index in [0.717, 1.165) is 6.08 Å². The van der Waals surface area contributed by atoms with Crippen molar-refractivity contribution in [1.29, 1.82) is 5.26 Å². The van der Waals surface area contributed by atoms with E-state index in [2.05, 4.69) is 0 Å². The molecule has 1 aromatic rings. The van der Waals surface area contributed by atoms with Gasteiger partial charge in [0.2, 0.25) is 0 Å². The summed E-state index contributed by atoms with van der Waals surface area (Å²) in [5.74, 6) is -1.12. The van der Waals surface area contributed by atoms with E-state index in [-0.39, 0.29) is 15.6 Å². The molecule has 0 heterocycles. The summed E-state index contributed by atoms with van der Waals surface area (Å²) < 4.78 is 0. The van der Waals surface area contributed by atoms with Gasteiger partial charge in [0.05, 0.1) is 10.6 Å². The Balaban J connectivity index is 3.33. The number of hydrogen-bond acceptors (Lipinski definition) is 2. The highest BCUT2D eigenvalue weighted by Crippen LogP contribution is 2.27. The number of halogens is 2. The molecule has 3 nitrogen and oxygen atoms in total. The summed E-state index contributed by atoms with van der Waals surface area (Å²) in [5.41, 5.74) is 0.482. The number of carboxylic acids is 1. The SMILES string of the molecule is N#Cc1c(Cl)ccc(Cl)c1/C=C/C(=O)O. The van der Waals surface area contributed by atoms with Crippen LogP contribution in [0.15, 0.2) is 18.2 Å². The molecule has 0 bridgehead atoms. The second-order valence-corrected chi connectivity index (χ2v) is 3.42. The molecule has 5 heteroatoms. The van der Waals surface area contributed by atoms with Crippen molar-refractivity contribution in [3.05, 3.63) is 39.4 Å². The molecule has 0 amide bonds. The zero-order valence-electron chi connectivity index (χ0n) is 7.37. The Labute approximate surface area is 96.2 Å². The lowest BCUT2D eigenvalue weighted by Crippen LogP contribution is -1.89. The zero-order valence-corrected chi connectivity index (χ0v) is 8.88. The largest absolute Gasteiger partial charge is 0.478 e. The second-order valence-electron chi connectivity index (χ2n) is 2.60. The Kier molecular flexibility index (Phi) is 3.73. The molecule has 0 spiro atoms. The summed E-state index contributed by atoms with van der Waals surface area (Å²) in [4.78, 5) is 10.3. The minimum absolute atomic E-state index is 0.168. The van der Waals surface area contributed by atoms with E-state index in [1.165, 1.54) is 18.2 Å². The molecule has 0 radical (unpaired) electrons. The van der Waals surface area contributed by atoms with Crippen LogP contribution in [-0.4, -0.2) is 11.1 Å². The Morgan fingerprint density at radius 3 is 2.53 bits per heavy atom. The van der Waals surface area contributed by atoms with Crippen molar-refractivity contribution in [2.24, 2.45) is 0 Å². The zero-order chi connectivity index (χ0) is 11.4. The first-order valence-corrected chi connectivity index (χ1v) is 4.61. The maximum atomic E-state index is 10.3. The molecule has 1 aromatic carbocycles. The van der Waals surface area contributed by atoms with Gasteiger partial charge >= 0.3 is 5.97 Å². The van der Waals surface area contributed by atoms with Gasteiger partial charge < -0.3 is 5.11 Å². The van der Waals surface area contributed by atoms with Crippen LogP contribution in [0, 0.1) is 11.3 Å². The van der Waals surface area contributed by atoms with Crippen LogP contribution >= 0.6 is 23.2 Å². The maximum absolute atomic E-state index is 10.3. The monoisotopic (exact) mass is 241 g/mol. The predicted molar refractivity (Wildman–Crippen MR) is 57.8 cm³/mol. The summed E-state index contributed by atoms with van der Waals surface area (Å²) >= 11 is 11.6. The van der Waals surface area contributed by atoms with E-state index < -0.39 is 5.97 Å². The van der Waals surface area contributed by atoms with E-state index >= 15 is 0 Å². The summed E-state index contributed by atoms with van der Waals surface area (Å²) in [5, 5.41) is 17.8. The van der Waals surface area contributed by atoms with Gasteiger partial charge in [-0.1, -0.05) is 23.2 Å². The van der Waals surface area contributed by atoms with Crippen LogP contribution in [0.1, 0.15) is 11.1 Å². The first-order chi connectivity index (χ1) is 7.06. The van der Waals surface area contributed by atoms with Gasteiger partial charge in [-0.2, -0.15) is 5.26 Å². The van der Waals surface area contributed by atoms with Gasteiger partial charge in [-0.05, 0) is 18.2 Å². The van der Waals surface area contributed by atoms with Crippen LogP contribution < -0.4 is 0 Å². The number of rotatable bonds is 2. The molecule has 1 N–H and O–H groups in total. The third-order valence-corrected chi connectivity index (χ3v) is 2.29. The molecule has 15 heavy (non-hydrogen) atoms. The van der Waals surface area contributed by atoms with Gasteiger partial charge in [0.1, 0.15) is 6.07 Å². The van der Waals surface area contributed by atoms with E-state index in [1.54, 1.807) is 0 Å². The molecule has 0 saturated carbocycles. The normalized spacial score (nSPS) is 10.2. The number of aliphatic carboxylic acids is 1. The van der Waals surface area contributed by atoms with Gasteiger partial charge in [0, 0.05) is 16.7 Å². The quantitative estimate of drug-likeness (QED) is 0.811. The molecular formula is C10H5Cl2NO2. The molecule has 0 aliphatic carbocycles. The van der Waals surface area contributed by atoms with Crippen molar-refractivity contribution in [2.45, 2.75) is 0 Å². The lowest BCUT2D eigenvalue weighted by atomic mass is 10.1. The van der Waals surface area contributed by atoms with Crippen LogP contribution in [0.3, 0.4) is 0 Å². The molecule has 0 saturated heterocycles. The molecule has 0 aliphatic heterocycles. The number of carbonyl (C=O) groups is 1. The first-order valence-electron chi connectivity index (χ1n) is 3.85. The fourth-order valence-electron chi connectivity index (χ4n) is 0.999. The average Bonchev–Trinajstić information content (AvgIpc) is 2.19. The highest BCUT2D eigenvalue weighted by atomic mass is 35.5. The van der Waals surface area contributed by atoms with Crippen molar-refractivity contribution < 1.29 is 9.90 Å². The van der Waals surface area contributed by atoms with Crippen LogP contribution in [0.4, 0.5) is 0 Å². The van der Waals surface area contributed by atoms with E-state index in [4.69, 9.17) is 33.6 Å². The van der Waals surface area contributed by atoms with Gasteiger partial charge in [-0.25, -0.2) is 4.79 Å². The van der Waals surface area contributed by atoms with Crippen molar-refractivity contribution >= 4 is 35.2 Å². The van der Waals surface area contributed by atoms with Crippen LogP contribution in [0.5, 0.6) is 0 Å². The molecule has 0 aliphatic rings. The minimum Gasteiger partial charge on any atom is -0.478 e. The molecule has 0 unspecified atom stereocenters. The fraction of sp³-hybridized carbons (Fsp3) is 0. The molecular weight excluding hydrogens is 237 g/mol. The van der Waals surface area contributed by atoms with Crippen molar-refractivity contribution in [3.8, 4) is 6.07 Å². The topological polar surface area (TPSA) is 61.1 Å². The number of nitriles is 1. The molecule has 0 atom stereocenters. The summed E-state index contributed by atoms with van der Waals surface area (Å²) in [6, 6.07) is 4.86. The lowest BCUT2D eigenvalue weighted by Gasteiger charge is -2.02. The minimum atomic E-state index is -1.12. The van der Waals surface area contributed by atoms with Crippen molar-refractivity contribution in [1.82, 2.24) is 0 Å². The lowest BCUT2D eigenvalue weighted by molar-refractivity contribution is -0.131. The molecule has 0 fully saturated rings. The van der Waals surface area contributed by atoms with Crippen molar-refractivity contribution in [3.63, 3.8) is 0 Å². The highest BCUT2D eigenvalue weighted by Gasteiger charge is 2.08. The predicted octanol–water partition coefficient (Wildman–Crippen LogP) is 2.96. The van der Waals surface area contributed by atoms with Crippen molar-refractivity contribution in [2.75, 3.05) is 0 Å². The first kappa shape index (κ1) is 11.6. The number of nitrogens with zero attached hydrogens (tertiary/aromatic N) is 1. The highest BCUT2D eigenvalue weighted by molar-refractivity contribution is 6.35. The van der Waals surface area contributed by atoms with Gasteiger partial charge in [0.25, 0.3) is 0 Å². The Hall–Kier alpha value is -1.50. The standard InChI is InChI=1S/C10H5Cl2NO2/c11-8-2-3-9(12)7(5-13)6(8)1-4-10(14)15/h1-4H,(H,14,15)/b4-1+.